The van der Waals surface area contributed by atoms with Crippen molar-refractivity contribution >= 4 is 5.91 Å². The monoisotopic (exact) mass is 259 g/mol. The van der Waals surface area contributed by atoms with Crippen LogP contribution in [-0.4, -0.2) is 22.3 Å². The Labute approximate surface area is 115 Å². The van der Waals surface area contributed by atoms with E-state index < -0.39 is 5.41 Å². The van der Waals surface area contributed by atoms with Crippen LogP contribution in [0.4, 0.5) is 0 Å². The van der Waals surface area contributed by atoms with Crippen LogP contribution in [0.5, 0.6) is 0 Å². The van der Waals surface area contributed by atoms with Crippen LogP contribution >= 0.6 is 0 Å². The van der Waals surface area contributed by atoms with E-state index in [-0.39, 0.29) is 5.91 Å². The molecule has 0 fully saturated rings. The Morgan fingerprint density at radius 1 is 1.47 bits per heavy atom. The quantitative estimate of drug-likeness (QED) is 0.817. The number of rotatable bonds is 5. The molecule has 0 N–H and O–H groups in total. The number of aromatic nitrogens is 1. The molecule has 0 aliphatic heterocycles. The van der Waals surface area contributed by atoms with Crippen molar-refractivity contribution in [1.29, 1.82) is 5.26 Å². The van der Waals surface area contributed by atoms with Gasteiger partial charge in [0.05, 0.1) is 18.3 Å². The molecule has 102 valence electrons. The van der Waals surface area contributed by atoms with Gasteiger partial charge in [0.25, 0.3) is 0 Å². The van der Waals surface area contributed by atoms with Gasteiger partial charge in [-0.2, -0.15) is 5.26 Å². The molecular formula is C15H21N3O. The smallest absolute Gasteiger partial charge is 0.243 e. The SMILES string of the molecule is CCN(Cc1cccc(C)n1)C(=O)C(C)(C#N)CC. The zero-order chi connectivity index (χ0) is 14.5. The Morgan fingerprint density at radius 2 is 2.16 bits per heavy atom. The first kappa shape index (κ1) is 15.2. The van der Waals surface area contributed by atoms with E-state index in [2.05, 4.69) is 11.1 Å². The van der Waals surface area contributed by atoms with Gasteiger partial charge in [0.2, 0.25) is 5.91 Å². The first-order chi connectivity index (χ1) is 8.96. The highest BCUT2D eigenvalue weighted by molar-refractivity contribution is 5.84. The molecule has 1 aromatic heterocycles. The fraction of sp³-hybridized carbons (Fsp3) is 0.533. The number of aryl methyl sites for hydroxylation is 1. The third-order valence-electron chi connectivity index (χ3n) is 3.39. The van der Waals surface area contributed by atoms with E-state index >= 15 is 0 Å². The molecule has 0 saturated carbocycles. The first-order valence-electron chi connectivity index (χ1n) is 6.60. The van der Waals surface area contributed by atoms with Crippen LogP contribution in [0.15, 0.2) is 18.2 Å². The van der Waals surface area contributed by atoms with Gasteiger partial charge in [-0.05, 0) is 39.3 Å². The molecule has 4 nitrogen and oxygen atoms in total. The van der Waals surface area contributed by atoms with Crippen molar-refractivity contribution in [2.75, 3.05) is 6.54 Å². The van der Waals surface area contributed by atoms with Gasteiger partial charge in [-0.25, -0.2) is 0 Å². The van der Waals surface area contributed by atoms with E-state index in [1.807, 2.05) is 39.0 Å². The number of carbonyl (C=O) groups excluding carboxylic acids is 1. The first-order valence-corrected chi connectivity index (χ1v) is 6.60. The predicted molar refractivity (Wildman–Crippen MR) is 74.1 cm³/mol. The molecule has 1 rings (SSSR count). The Balaban J connectivity index is 2.91. The van der Waals surface area contributed by atoms with E-state index in [9.17, 15) is 10.1 Å². The van der Waals surface area contributed by atoms with Gasteiger partial charge < -0.3 is 4.90 Å². The summed E-state index contributed by atoms with van der Waals surface area (Å²) in [5.41, 5.74) is 0.839. The van der Waals surface area contributed by atoms with Crippen LogP contribution in [0.1, 0.15) is 38.6 Å². The van der Waals surface area contributed by atoms with E-state index in [1.165, 1.54) is 0 Å². The van der Waals surface area contributed by atoms with Crippen molar-refractivity contribution in [3.8, 4) is 6.07 Å². The predicted octanol–water partition coefficient (Wildman–Crippen LogP) is 2.68. The largest absolute Gasteiger partial charge is 0.336 e. The number of carbonyl (C=O) groups is 1. The molecule has 1 atom stereocenters. The fourth-order valence-electron chi connectivity index (χ4n) is 1.84. The van der Waals surface area contributed by atoms with Crippen molar-refractivity contribution in [3.05, 3.63) is 29.6 Å². The van der Waals surface area contributed by atoms with Crippen molar-refractivity contribution < 1.29 is 4.79 Å². The van der Waals surface area contributed by atoms with Gasteiger partial charge in [-0.3, -0.25) is 9.78 Å². The Morgan fingerprint density at radius 3 is 2.63 bits per heavy atom. The second-order valence-corrected chi connectivity index (χ2v) is 4.89. The summed E-state index contributed by atoms with van der Waals surface area (Å²) < 4.78 is 0. The van der Waals surface area contributed by atoms with Gasteiger partial charge in [0.1, 0.15) is 5.41 Å². The molecule has 0 spiro atoms. The molecule has 4 heteroatoms. The maximum Gasteiger partial charge on any atom is 0.243 e. The zero-order valence-corrected chi connectivity index (χ0v) is 12.1. The van der Waals surface area contributed by atoms with Gasteiger partial charge in [0, 0.05) is 12.2 Å². The molecule has 0 bridgehead atoms. The lowest BCUT2D eigenvalue weighted by atomic mass is 9.87. The van der Waals surface area contributed by atoms with Crippen molar-refractivity contribution in [1.82, 2.24) is 9.88 Å². The summed E-state index contributed by atoms with van der Waals surface area (Å²) in [6.45, 7) is 8.43. The molecule has 0 saturated heterocycles. The molecule has 1 amide bonds. The van der Waals surface area contributed by atoms with Gasteiger partial charge >= 0.3 is 0 Å². The standard InChI is InChI=1S/C15H21N3O/c1-5-15(4,11-16)14(19)18(6-2)10-13-9-7-8-12(3)17-13/h7-9H,5-6,10H2,1-4H3. The molecule has 19 heavy (non-hydrogen) atoms. The van der Waals surface area contributed by atoms with Gasteiger partial charge in [0.15, 0.2) is 0 Å². The summed E-state index contributed by atoms with van der Waals surface area (Å²) in [7, 11) is 0. The van der Waals surface area contributed by atoms with Crippen LogP contribution < -0.4 is 0 Å². The second kappa shape index (κ2) is 6.33. The summed E-state index contributed by atoms with van der Waals surface area (Å²) in [5, 5.41) is 9.20. The molecule has 1 heterocycles. The summed E-state index contributed by atoms with van der Waals surface area (Å²) in [5.74, 6) is -0.122. The van der Waals surface area contributed by atoms with Crippen molar-refractivity contribution in [2.24, 2.45) is 5.41 Å². The molecule has 0 aromatic carbocycles. The van der Waals surface area contributed by atoms with E-state index in [0.717, 1.165) is 11.4 Å². The van der Waals surface area contributed by atoms with Gasteiger partial charge in [-0.15, -0.1) is 0 Å². The Kier molecular flexibility index (Phi) is 5.05. The molecule has 1 aromatic rings. The van der Waals surface area contributed by atoms with Crippen LogP contribution in [0.25, 0.3) is 0 Å². The number of hydrogen-bond donors (Lipinski definition) is 0. The fourth-order valence-corrected chi connectivity index (χ4v) is 1.84. The van der Waals surface area contributed by atoms with Gasteiger partial charge in [-0.1, -0.05) is 13.0 Å². The maximum atomic E-state index is 12.4. The minimum absolute atomic E-state index is 0.122. The third-order valence-corrected chi connectivity index (χ3v) is 3.39. The van der Waals surface area contributed by atoms with Crippen LogP contribution in [-0.2, 0) is 11.3 Å². The average Bonchev–Trinajstić information content (AvgIpc) is 2.43. The number of nitrogens with zero attached hydrogens (tertiary/aromatic N) is 3. The van der Waals surface area contributed by atoms with E-state index in [4.69, 9.17) is 0 Å². The van der Waals surface area contributed by atoms with Crippen LogP contribution in [0.2, 0.25) is 0 Å². The minimum atomic E-state index is -0.945. The molecule has 0 aliphatic rings. The summed E-state index contributed by atoms with van der Waals surface area (Å²) in [4.78, 5) is 18.5. The number of pyridine rings is 1. The molecular weight excluding hydrogens is 238 g/mol. The highest BCUT2D eigenvalue weighted by Crippen LogP contribution is 2.23. The lowest BCUT2D eigenvalue weighted by molar-refractivity contribution is -0.139. The third kappa shape index (κ3) is 3.54. The lowest BCUT2D eigenvalue weighted by Gasteiger charge is -2.28. The maximum absolute atomic E-state index is 12.4. The summed E-state index contributed by atoms with van der Waals surface area (Å²) >= 11 is 0. The van der Waals surface area contributed by atoms with Crippen molar-refractivity contribution in [2.45, 2.75) is 40.7 Å². The molecule has 1 unspecified atom stereocenters. The summed E-state index contributed by atoms with van der Waals surface area (Å²) in [6.07, 6.45) is 0.514. The molecule has 0 radical (unpaired) electrons. The topological polar surface area (TPSA) is 57.0 Å². The van der Waals surface area contributed by atoms with E-state index in [0.29, 0.717) is 19.5 Å². The van der Waals surface area contributed by atoms with E-state index in [1.54, 1.807) is 11.8 Å². The van der Waals surface area contributed by atoms with Crippen LogP contribution in [0.3, 0.4) is 0 Å². The summed E-state index contributed by atoms with van der Waals surface area (Å²) in [6, 6.07) is 7.88. The minimum Gasteiger partial charge on any atom is -0.336 e. The lowest BCUT2D eigenvalue weighted by Crippen LogP contribution is -2.41. The number of hydrogen-bond acceptors (Lipinski definition) is 3. The average molecular weight is 259 g/mol. The molecule has 0 aliphatic carbocycles. The van der Waals surface area contributed by atoms with Crippen molar-refractivity contribution in [3.63, 3.8) is 0 Å². The number of amides is 1. The normalized spacial score (nSPS) is 13.4. The zero-order valence-electron chi connectivity index (χ0n) is 12.1. The highest BCUT2D eigenvalue weighted by atomic mass is 16.2. The second-order valence-electron chi connectivity index (χ2n) is 4.89. The number of nitriles is 1. The van der Waals surface area contributed by atoms with Crippen LogP contribution in [0, 0.1) is 23.7 Å². The Bertz CT molecular complexity index is 492. The Hall–Kier alpha value is -1.89. The highest BCUT2D eigenvalue weighted by Gasteiger charge is 2.34.